The Morgan fingerprint density at radius 1 is 1.27 bits per heavy atom. The molecule has 0 spiro atoms. The highest BCUT2D eigenvalue weighted by atomic mass is 19.4. The van der Waals surface area contributed by atoms with Crippen LogP contribution < -0.4 is 0 Å². The summed E-state index contributed by atoms with van der Waals surface area (Å²) >= 11 is 0. The van der Waals surface area contributed by atoms with E-state index in [2.05, 4.69) is 0 Å². The zero-order valence-electron chi connectivity index (χ0n) is 6.53. The van der Waals surface area contributed by atoms with Crippen molar-refractivity contribution in [1.82, 2.24) is 0 Å². The highest BCUT2D eigenvalue weighted by molar-refractivity contribution is 5.02. The van der Waals surface area contributed by atoms with E-state index < -0.39 is 11.8 Å². The minimum absolute atomic E-state index is 0.120. The number of rotatable bonds is 2. The van der Waals surface area contributed by atoms with Gasteiger partial charge in [-0.15, -0.1) is 0 Å². The molecule has 1 aliphatic carbocycles. The maximum Gasteiger partial charge on any atom is 0.417 e. The quantitative estimate of drug-likeness (QED) is 0.615. The third kappa shape index (κ3) is 1.67. The molecule has 1 saturated carbocycles. The second-order valence-electron chi connectivity index (χ2n) is 3.16. The van der Waals surface area contributed by atoms with Crippen LogP contribution in [-0.2, 0) is 4.74 Å². The van der Waals surface area contributed by atoms with E-state index in [1.807, 2.05) is 0 Å². The molecule has 0 N–H and O–H groups in total. The van der Waals surface area contributed by atoms with Crippen molar-refractivity contribution in [3.05, 3.63) is 0 Å². The first-order chi connectivity index (χ1) is 4.87. The van der Waals surface area contributed by atoms with Gasteiger partial charge in [0.2, 0.25) is 0 Å². The van der Waals surface area contributed by atoms with Crippen LogP contribution in [0.3, 0.4) is 0 Å². The van der Waals surface area contributed by atoms with Gasteiger partial charge in [0.25, 0.3) is 0 Å². The van der Waals surface area contributed by atoms with Crippen LogP contribution in [-0.4, -0.2) is 17.9 Å². The summed E-state index contributed by atoms with van der Waals surface area (Å²) in [6.07, 6.45) is -4.29. The standard InChI is InChI=1S/C7H11F3O/c1-5(2)11-6(3-4-6)7(8,9)10/h5H,3-4H2,1-2H3. The van der Waals surface area contributed by atoms with Crippen molar-refractivity contribution >= 4 is 0 Å². The average Bonchev–Trinajstić information content (AvgIpc) is 2.42. The van der Waals surface area contributed by atoms with Gasteiger partial charge in [0, 0.05) is 0 Å². The van der Waals surface area contributed by atoms with E-state index in [4.69, 9.17) is 4.74 Å². The molecule has 1 aliphatic rings. The van der Waals surface area contributed by atoms with Crippen molar-refractivity contribution < 1.29 is 17.9 Å². The first kappa shape index (κ1) is 8.84. The monoisotopic (exact) mass is 168 g/mol. The molecule has 0 atom stereocenters. The molecule has 0 aromatic carbocycles. The zero-order chi connectivity index (χ0) is 8.70. The Morgan fingerprint density at radius 2 is 1.73 bits per heavy atom. The van der Waals surface area contributed by atoms with Crippen molar-refractivity contribution in [2.24, 2.45) is 0 Å². The van der Waals surface area contributed by atoms with Crippen LogP contribution in [0.1, 0.15) is 26.7 Å². The highest BCUT2D eigenvalue weighted by Gasteiger charge is 2.65. The number of alkyl halides is 3. The molecule has 0 unspecified atom stereocenters. The minimum atomic E-state index is -4.18. The Bertz CT molecular complexity index is 146. The van der Waals surface area contributed by atoms with Crippen LogP contribution in [0.2, 0.25) is 0 Å². The van der Waals surface area contributed by atoms with Gasteiger partial charge in [-0.2, -0.15) is 13.2 Å². The summed E-state index contributed by atoms with van der Waals surface area (Å²) in [5.41, 5.74) is -1.79. The summed E-state index contributed by atoms with van der Waals surface area (Å²) in [7, 11) is 0. The molecule has 0 radical (unpaired) electrons. The Balaban J connectivity index is 2.54. The smallest absolute Gasteiger partial charge is 0.363 e. The van der Waals surface area contributed by atoms with Crippen LogP contribution in [0.15, 0.2) is 0 Å². The molecule has 1 nitrogen and oxygen atoms in total. The van der Waals surface area contributed by atoms with Gasteiger partial charge in [0.1, 0.15) is 0 Å². The van der Waals surface area contributed by atoms with E-state index in [1.54, 1.807) is 13.8 Å². The minimum Gasteiger partial charge on any atom is -0.363 e. The lowest BCUT2D eigenvalue weighted by molar-refractivity contribution is -0.245. The second kappa shape index (κ2) is 2.37. The van der Waals surface area contributed by atoms with Gasteiger partial charge in [-0.25, -0.2) is 0 Å². The van der Waals surface area contributed by atoms with Gasteiger partial charge in [-0.1, -0.05) is 0 Å². The highest BCUT2D eigenvalue weighted by Crippen LogP contribution is 2.52. The third-order valence-corrected chi connectivity index (χ3v) is 1.68. The topological polar surface area (TPSA) is 9.23 Å². The fourth-order valence-corrected chi connectivity index (χ4v) is 1.03. The van der Waals surface area contributed by atoms with E-state index >= 15 is 0 Å². The summed E-state index contributed by atoms with van der Waals surface area (Å²) in [6, 6.07) is 0. The van der Waals surface area contributed by atoms with Gasteiger partial charge in [-0.3, -0.25) is 0 Å². The largest absolute Gasteiger partial charge is 0.417 e. The molecular formula is C7H11F3O. The summed E-state index contributed by atoms with van der Waals surface area (Å²) < 4.78 is 41.2. The van der Waals surface area contributed by atoms with Gasteiger partial charge >= 0.3 is 6.18 Å². The number of halogens is 3. The molecule has 0 aliphatic heterocycles. The fourth-order valence-electron chi connectivity index (χ4n) is 1.03. The van der Waals surface area contributed by atoms with Crippen LogP contribution >= 0.6 is 0 Å². The summed E-state index contributed by atoms with van der Waals surface area (Å²) in [4.78, 5) is 0. The van der Waals surface area contributed by atoms with Crippen LogP contribution in [0.5, 0.6) is 0 Å². The molecule has 0 amide bonds. The SMILES string of the molecule is CC(C)OC1(C(F)(F)F)CC1. The molecule has 0 bridgehead atoms. The number of hydrogen-bond donors (Lipinski definition) is 0. The Hall–Kier alpha value is -0.250. The number of ether oxygens (including phenoxy) is 1. The van der Waals surface area contributed by atoms with Crippen molar-refractivity contribution in [3.8, 4) is 0 Å². The molecule has 0 saturated heterocycles. The van der Waals surface area contributed by atoms with E-state index in [0.717, 1.165) is 0 Å². The van der Waals surface area contributed by atoms with Gasteiger partial charge < -0.3 is 4.74 Å². The molecule has 1 fully saturated rings. The predicted molar refractivity (Wildman–Crippen MR) is 34.2 cm³/mol. The van der Waals surface area contributed by atoms with Gasteiger partial charge in [0.15, 0.2) is 5.60 Å². The lowest BCUT2D eigenvalue weighted by Crippen LogP contribution is -2.36. The average molecular weight is 168 g/mol. The molecule has 1 rings (SSSR count). The Labute approximate surface area is 63.5 Å². The lowest BCUT2D eigenvalue weighted by atomic mass is 10.3. The van der Waals surface area contributed by atoms with Gasteiger partial charge in [-0.05, 0) is 26.7 Å². The van der Waals surface area contributed by atoms with Crippen molar-refractivity contribution in [1.29, 1.82) is 0 Å². The van der Waals surface area contributed by atoms with Crippen LogP contribution in [0.25, 0.3) is 0 Å². The van der Waals surface area contributed by atoms with Gasteiger partial charge in [0.05, 0.1) is 6.10 Å². The summed E-state index contributed by atoms with van der Waals surface area (Å²) in [5, 5.41) is 0. The second-order valence-corrected chi connectivity index (χ2v) is 3.16. The summed E-state index contributed by atoms with van der Waals surface area (Å²) in [5.74, 6) is 0. The summed E-state index contributed by atoms with van der Waals surface area (Å²) in [6.45, 7) is 3.23. The van der Waals surface area contributed by atoms with Crippen molar-refractivity contribution in [2.45, 2.75) is 44.6 Å². The van der Waals surface area contributed by atoms with Crippen LogP contribution in [0.4, 0.5) is 13.2 Å². The molecule has 0 aromatic heterocycles. The first-order valence-corrected chi connectivity index (χ1v) is 3.62. The predicted octanol–water partition coefficient (Wildman–Crippen LogP) is 2.51. The third-order valence-electron chi connectivity index (χ3n) is 1.68. The normalized spacial score (nSPS) is 22.4. The maximum absolute atomic E-state index is 12.1. The molecule has 11 heavy (non-hydrogen) atoms. The van der Waals surface area contributed by atoms with E-state index in [-0.39, 0.29) is 18.9 Å². The molecule has 66 valence electrons. The zero-order valence-corrected chi connectivity index (χ0v) is 6.53. The van der Waals surface area contributed by atoms with E-state index in [1.165, 1.54) is 0 Å². The Kier molecular flexibility index (Phi) is 1.90. The Morgan fingerprint density at radius 3 is 1.82 bits per heavy atom. The van der Waals surface area contributed by atoms with E-state index in [0.29, 0.717) is 0 Å². The van der Waals surface area contributed by atoms with E-state index in [9.17, 15) is 13.2 Å². The van der Waals surface area contributed by atoms with Crippen LogP contribution in [0, 0.1) is 0 Å². The fraction of sp³-hybridized carbons (Fsp3) is 1.00. The maximum atomic E-state index is 12.1. The first-order valence-electron chi connectivity index (χ1n) is 3.62. The lowest BCUT2D eigenvalue weighted by Gasteiger charge is -2.21. The molecule has 0 heterocycles. The molecule has 4 heteroatoms. The molecule has 0 aromatic rings. The molecular weight excluding hydrogens is 157 g/mol. The number of hydrogen-bond acceptors (Lipinski definition) is 1. The van der Waals surface area contributed by atoms with Crippen molar-refractivity contribution in [2.75, 3.05) is 0 Å². The van der Waals surface area contributed by atoms with Crippen molar-refractivity contribution in [3.63, 3.8) is 0 Å².